The molecule has 5 atom stereocenters. The molecule has 0 amide bonds. The molecule has 1 aromatic carbocycles. The van der Waals surface area contributed by atoms with E-state index in [2.05, 4.69) is 33.7 Å². The van der Waals surface area contributed by atoms with E-state index in [0.29, 0.717) is 19.3 Å². The molecule has 0 spiro atoms. The topological polar surface area (TPSA) is 161 Å². The molecule has 5 unspecified atom stereocenters. The number of allylic oxidation sites excluding steroid dienone is 1. The number of ether oxygens (including phenoxy) is 2. The quantitative estimate of drug-likeness (QED) is 0.103. The Bertz CT molecular complexity index is 1110. The summed E-state index contributed by atoms with van der Waals surface area (Å²) in [6.45, 7) is 2.49. The summed E-state index contributed by atoms with van der Waals surface area (Å²) in [5.41, 5.74) is 2.15. The maximum atomic E-state index is 12.2. The van der Waals surface area contributed by atoms with Gasteiger partial charge in [0.2, 0.25) is 0 Å². The van der Waals surface area contributed by atoms with Crippen molar-refractivity contribution in [3.8, 4) is 17.6 Å². The molecular weight excluding hydrogens is 524 g/mol. The fraction of sp³-hybridized carbons (Fsp3) is 0.607. The van der Waals surface area contributed by atoms with Crippen molar-refractivity contribution in [2.24, 2.45) is 17.8 Å². The maximum Gasteiger partial charge on any atom is 0.305 e. The van der Waals surface area contributed by atoms with Crippen LogP contribution in [0.15, 0.2) is 30.4 Å². The molecule has 0 radical (unpaired) electrons. The number of rotatable bonds is 16. The van der Waals surface area contributed by atoms with Crippen LogP contribution in [0, 0.1) is 49.8 Å². The van der Waals surface area contributed by atoms with E-state index in [0.717, 1.165) is 29.7 Å². The number of aryl methyl sites for hydroxylation is 1. The number of para-hydroxylation sites is 1. The zero-order valence-electron chi connectivity index (χ0n) is 22.7. The zero-order valence-corrected chi connectivity index (χ0v) is 22.7. The number of carbonyl (C=O) groups is 1. The van der Waals surface area contributed by atoms with Gasteiger partial charge in [-0.05, 0) is 50.0 Å². The van der Waals surface area contributed by atoms with Crippen molar-refractivity contribution in [2.45, 2.75) is 70.5 Å². The largest absolute Gasteiger partial charge is 0.489 e. The molecule has 1 saturated carbocycles. The molecule has 1 aliphatic heterocycles. The number of aliphatic hydroxyl groups excluding tert-OH is 1. The van der Waals surface area contributed by atoms with Gasteiger partial charge in [-0.25, -0.2) is 0 Å². The first-order valence-corrected chi connectivity index (χ1v) is 13.4. The van der Waals surface area contributed by atoms with Crippen LogP contribution in [-0.4, -0.2) is 53.3 Å². The monoisotopic (exact) mass is 560 g/mol. The van der Waals surface area contributed by atoms with E-state index < -0.39 is 41.4 Å². The molecule has 1 N–H and O–H groups in total. The zero-order chi connectivity index (χ0) is 29.1. The molecule has 1 heterocycles. The summed E-state index contributed by atoms with van der Waals surface area (Å²) in [7, 11) is 0. The number of esters is 1. The van der Waals surface area contributed by atoms with Gasteiger partial charge >= 0.3 is 5.97 Å². The lowest BCUT2D eigenvalue weighted by atomic mass is 9.86. The highest BCUT2D eigenvalue weighted by Gasteiger charge is 2.44. The molecule has 0 saturated heterocycles. The van der Waals surface area contributed by atoms with E-state index in [4.69, 9.17) is 9.47 Å². The summed E-state index contributed by atoms with van der Waals surface area (Å²) in [4.78, 5) is 41.5. The van der Waals surface area contributed by atoms with Crippen molar-refractivity contribution in [1.29, 1.82) is 0 Å². The van der Waals surface area contributed by atoms with Crippen molar-refractivity contribution >= 4 is 5.97 Å². The summed E-state index contributed by atoms with van der Waals surface area (Å²) in [5.74, 6) is 5.90. The van der Waals surface area contributed by atoms with Crippen LogP contribution in [0.25, 0.3) is 0 Å². The van der Waals surface area contributed by atoms with Gasteiger partial charge in [-0.2, -0.15) is 0 Å². The Morgan fingerprint density at radius 3 is 2.60 bits per heavy atom. The first-order valence-electron chi connectivity index (χ1n) is 13.4. The number of carbonyl (C=O) groups excluding carboxylic acids is 1. The fourth-order valence-corrected chi connectivity index (χ4v) is 5.14. The van der Waals surface area contributed by atoms with E-state index in [1.165, 1.54) is 0 Å². The van der Waals surface area contributed by atoms with Crippen LogP contribution < -0.4 is 4.74 Å². The second-order valence-corrected chi connectivity index (χ2v) is 10.2. The summed E-state index contributed by atoms with van der Waals surface area (Å²) in [6.07, 6.45) is 7.27. The SMILES string of the molecule is CC#CCC(C)C(O)/C=C/C1CCC2Oc3c(CCCC(=O)OCC(CO[N+](=O)[O-])CO[N+](=O)[O-])cccc3C12. The first-order chi connectivity index (χ1) is 19.2. The minimum atomic E-state index is -1.03. The summed E-state index contributed by atoms with van der Waals surface area (Å²) >= 11 is 0. The summed E-state index contributed by atoms with van der Waals surface area (Å²) in [5, 5.41) is 29.3. The lowest BCUT2D eigenvalue weighted by molar-refractivity contribution is -0.768. The number of benzene rings is 1. The van der Waals surface area contributed by atoms with E-state index in [9.17, 15) is 30.1 Å². The van der Waals surface area contributed by atoms with Crippen LogP contribution in [0.2, 0.25) is 0 Å². The Balaban J connectivity index is 1.52. The molecule has 1 aliphatic carbocycles. The van der Waals surface area contributed by atoms with Crippen molar-refractivity contribution in [3.63, 3.8) is 0 Å². The second kappa shape index (κ2) is 15.1. The number of aliphatic hydroxyl groups is 1. The second-order valence-electron chi connectivity index (χ2n) is 10.2. The highest BCUT2D eigenvalue weighted by Crippen LogP contribution is 2.52. The van der Waals surface area contributed by atoms with E-state index in [1.807, 2.05) is 25.1 Å². The molecule has 12 heteroatoms. The Morgan fingerprint density at radius 2 is 1.93 bits per heavy atom. The molecular formula is C28H36N2O10. The Kier molecular flexibility index (Phi) is 11.6. The van der Waals surface area contributed by atoms with E-state index >= 15 is 0 Å². The van der Waals surface area contributed by atoms with E-state index in [1.54, 1.807) is 6.92 Å². The van der Waals surface area contributed by atoms with Crippen LogP contribution in [0.1, 0.15) is 63.0 Å². The average molecular weight is 561 g/mol. The van der Waals surface area contributed by atoms with Gasteiger partial charge in [0.1, 0.15) is 25.1 Å². The summed E-state index contributed by atoms with van der Waals surface area (Å²) < 4.78 is 11.5. The number of hydrogen-bond donors (Lipinski definition) is 1. The van der Waals surface area contributed by atoms with Crippen molar-refractivity contribution in [1.82, 2.24) is 0 Å². The van der Waals surface area contributed by atoms with Gasteiger partial charge in [-0.15, -0.1) is 32.1 Å². The number of nitrogens with zero attached hydrogens (tertiary/aromatic N) is 2. The number of fused-ring (bicyclic) bond motifs is 3. The highest BCUT2D eigenvalue weighted by atomic mass is 17.0. The fourth-order valence-electron chi connectivity index (χ4n) is 5.14. The number of hydrogen-bond acceptors (Lipinski definition) is 10. The van der Waals surface area contributed by atoms with Gasteiger partial charge < -0.3 is 24.3 Å². The molecule has 40 heavy (non-hydrogen) atoms. The Labute approximate surface area is 232 Å². The summed E-state index contributed by atoms with van der Waals surface area (Å²) in [6, 6.07) is 6.06. The van der Waals surface area contributed by atoms with Crippen molar-refractivity contribution < 1.29 is 39.2 Å². The molecule has 2 aliphatic rings. The van der Waals surface area contributed by atoms with E-state index in [-0.39, 0.29) is 36.9 Å². The third-order valence-corrected chi connectivity index (χ3v) is 7.28. The van der Waals surface area contributed by atoms with Gasteiger partial charge in [0, 0.05) is 30.2 Å². The third-order valence-electron chi connectivity index (χ3n) is 7.28. The molecule has 218 valence electrons. The predicted octanol–water partition coefficient (Wildman–Crippen LogP) is 3.81. The standard InChI is InChI=1S/C28H36N2O10/c1-3-4-7-19(2)24(31)14-12-21-13-15-25-27(21)23-10-5-8-22(28(23)40-25)9-6-11-26(32)37-16-20(17-38-29(33)34)18-39-30(35)36/h5,8,10,12,14,19-21,24-25,27,31H,6-7,9,11,13,15-18H2,1-2H3/b14-12+. The van der Waals surface area contributed by atoms with Crippen LogP contribution in [-0.2, 0) is 25.6 Å². The lowest BCUT2D eigenvalue weighted by Gasteiger charge is -2.17. The van der Waals surface area contributed by atoms with Gasteiger partial charge in [0.15, 0.2) is 0 Å². The normalized spacial score (nSPS) is 20.6. The van der Waals surface area contributed by atoms with Gasteiger partial charge in [-0.3, -0.25) is 4.79 Å². The molecule has 1 aromatic rings. The van der Waals surface area contributed by atoms with Crippen LogP contribution in [0.5, 0.6) is 5.75 Å². The van der Waals surface area contributed by atoms with Gasteiger partial charge in [0.25, 0.3) is 10.2 Å². The smallest absolute Gasteiger partial charge is 0.305 e. The molecule has 0 bridgehead atoms. The predicted molar refractivity (Wildman–Crippen MR) is 142 cm³/mol. The van der Waals surface area contributed by atoms with Crippen molar-refractivity contribution in [2.75, 3.05) is 19.8 Å². The van der Waals surface area contributed by atoms with Crippen molar-refractivity contribution in [3.05, 3.63) is 61.7 Å². The van der Waals surface area contributed by atoms with Crippen LogP contribution in [0.4, 0.5) is 0 Å². The van der Waals surface area contributed by atoms with Gasteiger partial charge in [0.05, 0.1) is 12.7 Å². The van der Waals surface area contributed by atoms with Crippen LogP contribution in [0.3, 0.4) is 0 Å². The molecule has 3 rings (SSSR count). The minimum absolute atomic E-state index is 0.0564. The molecule has 12 nitrogen and oxygen atoms in total. The van der Waals surface area contributed by atoms with Gasteiger partial charge in [-0.1, -0.05) is 37.3 Å². The third kappa shape index (κ3) is 8.84. The molecule has 0 aromatic heterocycles. The highest BCUT2D eigenvalue weighted by molar-refractivity contribution is 5.69. The lowest BCUT2D eigenvalue weighted by Crippen LogP contribution is -2.26. The average Bonchev–Trinajstić information content (AvgIpc) is 3.49. The minimum Gasteiger partial charge on any atom is -0.489 e. The molecule has 1 fully saturated rings. The van der Waals surface area contributed by atoms with Crippen LogP contribution >= 0.6 is 0 Å². The Morgan fingerprint density at radius 1 is 1.20 bits per heavy atom. The maximum absolute atomic E-state index is 12.2. The Hall–Kier alpha value is -3.85. The first kappa shape index (κ1) is 30.7.